The first-order chi connectivity index (χ1) is 9.43. The fourth-order valence-electron chi connectivity index (χ4n) is 2.35. The lowest BCUT2D eigenvalue weighted by molar-refractivity contribution is 0.544. The van der Waals surface area contributed by atoms with Gasteiger partial charge in [0.1, 0.15) is 17.5 Å². The van der Waals surface area contributed by atoms with Crippen LogP contribution in [-0.2, 0) is 5.41 Å². The molecule has 1 aliphatic heterocycles. The molecule has 0 saturated carbocycles. The van der Waals surface area contributed by atoms with Gasteiger partial charge in [0.15, 0.2) is 0 Å². The number of nitrogens with zero attached hydrogens (tertiary/aromatic N) is 3. The Kier molecular flexibility index (Phi) is 4.78. The molecule has 1 fully saturated rings. The molecule has 1 aliphatic rings. The van der Waals surface area contributed by atoms with Gasteiger partial charge >= 0.3 is 0 Å². The van der Waals surface area contributed by atoms with E-state index in [2.05, 4.69) is 42.9 Å². The molecule has 0 aromatic carbocycles. The summed E-state index contributed by atoms with van der Waals surface area (Å²) in [4.78, 5) is 12.0. The van der Waals surface area contributed by atoms with E-state index >= 15 is 0 Å². The van der Waals surface area contributed by atoms with Crippen LogP contribution in [0.3, 0.4) is 0 Å². The first-order valence-electron chi connectivity index (χ1n) is 7.33. The van der Waals surface area contributed by atoms with Crippen molar-refractivity contribution in [1.82, 2.24) is 9.97 Å². The van der Waals surface area contributed by atoms with Crippen molar-refractivity contribution in [3.8, 4) is 0 Å². The summed E-state index contributed by atoms with van der Waals surface area (Å²) in [5, 5.41) is 3.22. The van der Waals surface area contributed by atoms with Gasteiger partial charge in [-0.15, -0.1) is 0 Å². The van der Waals surface area contributed by atoms with Gasteiger partial charge in [-0.05, 0) is 19.1 Å². The number of thioether (sulfide) groups is 1. The summed E-state index contributed by atoms with van der Waals surface area (Å²) in [7, 11) is 1.93. The Morgan fingerprint density at radius 1 is 1.15 bits per heavy atom. The predicted octanol–water partition coefficient (Wildman–Crippen LogP) is 3.07. The highest BCUT2D eigenvalue weighted by molar-refractivity contribution is 7.99. The lowest BCUT2D eigenvalue weighted by Crippen LogP contribution is -2.29. The van der Waals surface area contributed by atoms with Crippen molar-refractivity contribution in [2.45, 2.75) is 39.5 Å². The molecule has 2 rings (SSSR count). The van der Waals surface area contributed by atoms with Crippen LogP contribution in [0, 0.1) is 6.92 Å². The Balaban J connectivity index is 2.44. The minimum atomic E-state index is -0.0331. The molecule has 4 nitrogen and oxygen atoms in total. The highest BCUT2D eigenvalue weighted by Crippen LogP contribution is 2.29. The summed E-state index contributed by atoms with van der Waals surface area (Å²) in [6.07, 6.45) is 1.23. The van der Waals surface area contributed by atoms with E-state index in [1.54, 1.807) is 0 Å². The molecule has 1 N–H and O–H groups in total. The van der Waals surface area contributed by atoms with E-state index < -0.39 is 0 Å². The van der Waals surface area contributed by atoms with Crippen molar-refractivity contribution in [3.05, 3.63) is 11.4 Å². The Hall–Kier alpha value is -0.970. The van der Waals surface area contributed by atoms with E-state index in [0.717, 1.165) is 36.1 Å². The highest BCUT2D eigenvalue weighted by Gasteiger charge is 2.23. The molecule has 112 valence electrons. The van der Waals surface area contributed by atoms with Gasteiger partial charge in [-0.25, -0.2) is 9.97 Å². The molecule has 0 aliphatic carbocycles. The van der Waals surface area contributed by atoms with Gasteiger partial charge < -0.3 is 10.2 Å². The first-order valence-corrected chi connectivity index (χ1v) is 8.48. The quantitative estimate of drug-likeness (QED) is 0.908. The largest absolute Gasteiger partial charge is 0.373 e. The summed E-state index contributed by atoms with van der Waals surface area (Å²) in [6.45, 7) is 10.8. The molecule has 0 amide bonds. The lowest BCUT2D eigenvalue weighted by Gasteiger charge is -2.27. The van der Waals surface area contributed by atoms with Gasteiger partial charge in [0.25, 0.3) is 0 Å². The van der Waals surface area contributed by atoms with Crippen molar-refractivity contribution >= 4 is 23.4 Å². The summed E-state index contributed by atoms with van der Waals surface area (Å²) >= 11 is 2.04. The summed E-state index contributed by atoms with van der Waals surface area (Å²) in [5.41, 5.74) is 1.13. The van der Waals surface area contributed by atoms with Gasteiger partial charge in [-0.2, -0.15) is 11.8 Å². The Morgan fingerprint density at radius 3 is 2.55 bits per heavy atom. The maximum Gasteiger partial charge on any atom is 0.138 e. The Labute approximate surface area is 126 Å². The van der Waals surface area contributed by atoms with Crippen LogP contribution in [0.15, 0.2) is 0 Å². The van der Waals surface area contributed by atoms with Crippen LogP contribution in [0.2, 0.25) is 0 Å². The van der Waals surface area contributed by atoms with Crippen LogP contribution in [0.25, 0.3) is 0 Å². The molecule has 20 heavy (non-hydrogen) atoms. The second-order valence-electron chi connectivity index (χ2n) is 6.30. The third-order valence-corrected chi connectivity index (χ3v) is 4.60. The molecule has 0 atom stereocenters. The lowest BCUT2D eigenvalue weighted by atomic mass is 9.95. The van der Waals surface area contributed by atoms with Crippen molar-refractivity contribution in [2.75, 3.05) is 41.9 Å². The molecule has 0 radical (unpaired) electrons. The average Bonchev–Trinajstić information content (AvgIpc) is 2.66. The minimum Gasteiger partial charge on any atom is -0.373 e. The monoisotopic (exact) mass is 294 g/mol. The van der Waals surface area contributed by atoms with Crippen LogP contribution in [0.4, 0.5) is 11.6 Å². The third kappa shape index (κ3) is 3.37. The minimum absolute atomic E-state index is 0.0331. The fourth-order valence-corrected chi connectivity index (χ4v) is 3.24. The second-order valence-corrected chi connectivity index (χ2v) is 7.52. The molecule has 1 aromatic rings. The highest BCUT2D eigenvalue weighted by atomic mass is 32.2. The van der Waals surface area contributed by atoms with E-state index in [1.807, 2.05) is 18.8 Å². The summed E-state index contributed by atoms with van der Waals surface area (Å²) in [6, 6.07) is 0. The number of anilines is 2. The molecule has 1 aromatic heterocycles. The Morgan fingerprint density at radius 2 is 1.90 bits per heavy atom. The van der Waals surface area contributed by atoms with Gasteiger partial charge in [0, 0.05) is 36.9 Å². The van der Waals surface area contributed by atoms with Gasteiger partial charge in [0.05, 0.1) is 0 Å². The van der Waals surface area contributed by atoms with E-state index in [9.17, 15) is 0 Å². The number of hydrogen-bond acceptors (Lipinski definition) is 5. The van der Waals surface area contributed by atoms with Crippen LogP contribution in [0.1, 0.15) is 38.6 Å². The molecule has 5 heteroatoms. The Bertz CT molecular complexity index is 460. The molecule has 0 spiro atoms. The molecule has 0 bridgehead atoms. The van der Waals surface area contributed by atoms with E-state index in [0.29, 0.717) is 0 Å². The molecular formula is C15H26N4S. The van der Waals surface area contributed by atoms with Gasteiger partial charge in [-0.1, -0.05) is 20.8 Å². The van der Waals surface area contributed by atoms with E-state index in [1.165, 1.54) is 17.9 Å². The van der Waals surface area contributed by atoms with Crippen LogP contribution < -0.4 is 10.2 Å². The summed E-state index contributed by atoms with van der Waals surface area (Å²) < 4.78 is 0. The predicted molar refractivity (Wildman–Crippen MR) is 89.2 cm³/mol. The SMILES string of the molecule is CNc1nc(C(C)(C)C)nc(N2CCCSCC2)c1C. The zero-order valence-electron chi connectivity index (χ0n) is 13.3. The molecule has 0 unspecified atom stereocenters. The van der Waals surface area contributed by atoms with Crippen LogP contribution >= 0.6 is 11.8 Å². The second kappa shape index (κ2) is 6.20. The molecular weight excluding hydrogens is 268 g/mol. The zero-order chi connectivity index (χ0) is 14.8. The van der Waals surface area contributed by atoms with Crippen molar-refractivity contribution < 1.29 is 0 Å². The topological polar surface area (TPSA) is 41.1 Å². The fraction of sp³-hybridized carbons (Fsp3) is 0.733. The van der Waals surface area contributed by atoms with E-state index in [-0.39, 0.29) is 5.41 Å². The number of aromatic nitrogens is 2. The number of nitrogens with one attached hydrogen (secondary N) is 1. The number of rotatable bonds is 2. The third-order valence-electron chi connectivity index (χ3n) is 3.55. The number of hydrogen-bond donors (Lipinski definition) is 1. The standard InChI is InChI=1S/C15H26N4S/c1-11-12(16-5)17-14(15(2,3)4)18-13(11)19-7-6-9-20-10-8-19/h6-10H2,1-5H3,(H,16,17,18). The van der Waals surface area contributed by atoms with Gasteiger partial charge in [-0.3, -0.25) is 0 Å². The van der Waals surface area contributed by atoms with Crippen LogP contribution in [0.5, 0.6) is 0 Å². The van der Waals surface area contributed by atoms with Crippen molar-refractivity contribution in [3.63, 3.8) is 0 Å². The average molecular weight is 294 g/mol. The maximum absolute atomic E-state index is 4.88. The molecule has 1 saturated heterocycles. The van der Waals surface area contributed by atoms with E-state index in [4.69, 9.17) is 4.98 Å². The smallest absolute Gasteiger partial charge is 0.138 e. The maximum atomic E-state index is 4.88. The van der Waals surface area contributed by atoms with Crippen LogP contribution in [-0.4, -0.2) is 41.6 Å². The first kappa shape index (κ1) is 15.4. The van der Waals surface area contributed by atoms with Crippen molar-refractivity contribution in [1.29, 1.82) is 0 Å². The zero-order valence-corrected chi connectivity index (χ0v) is 14.1. The summed E-state index contributed by atoms with van der Waals surface area (Å²) in [5.74, 6) is 5.42. The molecule has 2 heterocycles. The van der Waals surface area contributed by atoms with Crippen molar-refractivity contribution in [2.24, 2.45) is 0 Å². The van der Waals surface area contributed by atoms with Gasteiger partial charge in [0.2, 0.25) is 0 Å². The normalized spacial score (nSPS) is 16.9.